The van der Waals surface area contributed by atoms with Crippen LogP contribution in [0.5, 0.6) is 0 Å². The first-order valence-corrected chi connectivity index (χ1v) is 7.16. The average Bonchev–Trinajstić information content (AvgIpc) is 2.82. The second-order valence-electron chi connectivity index (χ2n) is 4.74. The summed E-state index contributed by atoms with van der Waals surface area (Å²) in [6, 6.07) is 16.3. The van der Waals surface area contributed by atoms with Gasteiger partial charge in [0, 0.05) is 21.4 Å². The van der Waals surface area contributed by atoms with Crippen LogP contribution in [0.2, 0.25) is 0 Å². The van der Waals surface area contributed by atoms with Crippen molar-refractivity contribution in [1.29, 1.82) is 5.41 Å². The van der Waals surface area contributed by atoms with Crippen LogP contribution in [-0.4, -0.2) is 10.8 Å². The molecule has 0 fully saturated rings. The molecule has 0 amide bonds. The lowest BCUT2D eigenvalue weighted by atomic mass is 10.1. The number of amidine groups is 1. The minimum absolute atomic E-state index is 0.104. The maximum absolute atomic E-state index is 7.70. The standard InChI is InChI=1S/C16H15N3S/c1-10-6-7-14(12(8-10)16(17)18)20-15-9-11-4-2-3-5-13(11)19-15/h2-9,19H,1H3,(H3,17,18). The van der Waals surface area contributed by atoms with Crippen LogP contribution in [0.1, 0.15) is 11.1 Å². The highest BCUT2D eigenvalue weighted by Gasteiger charge is 2.09. The molecule has 0 aliphatic rings. The van der Waals surface area contributed by atoms with Crippen LogP contribution < -0.4 is 5.73 Å². The number of H-pyrrole nitrogens is 1. The molecule has 0 bridgehead atoms. The fraction of sp³-hybridized carbons (Fsp3) is 0.0625. The number of rotatable bonds is 3. The summed E-state index contributed by atoms with van der Waals surface area (Å²) >= 11 is 1.60. The lowest BCUT2D eigenvalue weighted by Gasteiger charge is -2.07. The van der Waals surface area contributed by atoms with Crippen LogP contribution in [0, 0.1) is 12.3 Å². The van der Waals surface area contributed by atoms with Crippen molar-refractivity contribution in [1.82, 2.24) is 4.98 Å². The predicted octanol–water partition coefficient (Wildman–Crippen LogP) is 3.91. The summed E-state index contributed by atoms with van der Waals surface area (Å²) in [6.07, 6.45) is 0. The molecule has 3 rings (SSSR count). The van der Waals surface area contributed by atoms with Crippen molar-refractivity contribution in [3.63, 3.8) is 0 Å². The Hall–Kier alpha value is -2.20. The summed E-state index contributed by atoms with van der Waals surface area (Å²) < 4.78 is 0. The summed E-state index contributed by atoms with van der Waals surface area (Å²) in [7, 11) is 0. The van der Waals surface area contributed by atoms with Gasteiger partial charge in [-0.05, 0) is 31.2 Å². The summed E-state index contributed by atoms with van der Waals surface area (Å²) in [5.41, 5.74) is 8.68. The van der Waals surface area contributed by atoms with Crippen molar-refractivity contribution < 1.29 is 0 Å². The Morgan fingerprint density at radius 1 is 1.15 bits per heavy atom. The van der Waals surface area contributed by atoms with E-state index in [9.17, 15) is 0 Å². The van der Waals surface area contributed by atoms with Gasteiger partial charge in [-0.1, -0.05) is 41.6 Å². The number of benzene rings is 2. The number of nitrogens with one attached hydrogen (secondary N) is 2. The van der Waals surface area contributed by atoms with Crippen LogP contribution in [-0.2, 0) is 0 Å². The average molecular weight is 281 g/mol. The van der Waals surface area contributed by atoms with Crippen LogP contribution in [0.4, 0.5) is 0 Å². The van der Waals surface area contributed by atoms with Crippen LogP contribution >= 0.6 is 11.8 Å². The fourth-order valence-electron chi connectivity index (χ4n) is 2.16. The number of nitrogen functional groups attached to an aromatic ring is 1. The number of hydrogen-bond donors (Lipinski definition) is 3. The molecule has 4 heteroatoms. The van der Waals surface area contributed by atoms with Gasteiger partial charge in [0.2, 0.25) is 0 Å². The Labute approximate surface area is 121 Å². The van der Waals surface area contributed by atoms with Gasteiger partial charge in [0.1, 0.15) is 5.84 Å². The topological polar surface area (TPSA) is 65.7 Å². The van der Waals surface area contributed by atoms with E-state index in [0.717, 1.165) is 26.6 Å². The van der Waals surface area contributed by atoms with Gasteiger partial charge in [0.25, 0.3) is 0 Å². The molecule has 1 heterocycles. The van der Waals surface area contributed by atoms with E-state index in [1.54, 1.807) is 11.8 Å². The molecule has 100 valence electrons. The summed E-state index contributed by atoms with van der Waals surface area (Å²) in [6.45, 7) is 2.00. The van der Waals surface area contributed by atoms with Gasteiger partial charge in [0.15, 0.2) is 0 Å². The Bertz CT molecular complexity index is 756. The molecule has 4 N–H and O–H groups in total. The molecule has 0 saturated heterocycles. The second-order valence-corrected chi connectivity index (χ2v) is 5.82. The Morgan fingerprint density at radius 3 is 2.70 bits per heavy atom. The lowest BCUT2D eigenvalue weighted by Crippen LogP contribution is -2.12. The molecule has 0 aliphatic heterocycles. The normalized spacial score (nSPS) is 10.8. The van der Waals surface area contributed by atoms with E-state index in [0.29, 0.717) is 0 Å². The van der Waals surface area contributed by atoms with Gasteiger partial charge in [0.05, 0.1) is 5.03 Å². The number of para-hydroxylation sites is 1. The molecule has 0 atom stereocenters. The minimum Gasteiger partial charge on any atom is -0.384 e. The van der Waals surface area contributed by atoms with E-state index in [1.165, 1.54) is 5.39 Å². The Balaban J connectivity index is 2.00. The molecule has 3 aromatic rings. The Morgan fingerprint density at radius 2 is 1.95 bits per heavy atom. The highest BCUT2D eigenvalue weighted by atomic mass is 32.2. The highest BCUT2D eigenvalue weighted by molar-refractivity contribution is 7.99. The van der Waals surface area contributed by atoms with E-state index >= 15 is 0 Å². The molecule has 0 radical (unpaired) electrons. The largest absolute Gasteiger partial charge is 0.384 e. The van der Waals surface area contributed by atoms with Crippen molar-refractivity contribution >= 4 is 28.5 Å². The first-order chi connectivity index (χ1) is 9.63. The van der Waals surface area contributed by atoms with Crippen molar-refractivity contribution in [2.24, 2.45) is 5.73 Å². The zero-order valence-corrected chi connectivity index (χ0v) is 11.9. The number of fused-ring (bicyclic) bond motifs is 1. The highest BCUT2D eigenvalue weighted by Crippen LogP contribution is 2.32. The monoisotopic (exact) mass is 281 g/mol. The fourth-order valence-corrected chi connectivity index (χ4v) is 3.16. The van der Waals surface area contributed by atoms with E-state index in [2.05, 4.69) is 23.2 Å². The van der Waals surface area contributed by atoms with Gasteiger partial charge in [-0.25, -0.2) is 0 Å². The van der Waals surface area contributed by atoms with Crippen LogP contribution in [0.3, 0.4) is 0 Å². The van der Waals surface area contributed by atoms with E-state index in [4.69, 9.17) is 11.1 Å². The summed E-state index contributed by atoms with van der Waals surface area (Å²) in [5.74, 6) is 0.104. The van der Waals surface area contributed by atoms with Crippen molar-refractivity contribution in [2.45, 2.75) is 16.8 Å². The molecule has 20 heavy (non-hydrogen) atoms. The van der Waals surface area contributed by atoms with Gasteiger partial charge in [-0.2, -0.15) is 0 Å². The second kappa shape index (κ2) is 5.06. The first-order valence-electron chi connectivity index (χ1n) is 6.34. The number of aryl methyl sites for hydroxylation is 1. The SMILES string of the molecule is Cc1ccc(Sc2cc3ccccc3[nH]2)c(C(=N)N)c1. The van der Waals surface area contributed by atoms with Crippen molar-refractivity contribution in [3.05, 3.63) is 59.7 Å². The van der Waals surface area contributed by atoms with Crippen LogP contribution in [0.25, 0.3) is 10.9 Å². The number of hydrogen-bond acceptors (Lipinski definition) is 2. The Kier molecular flexibility index (Phi) is 3.24. The minimum atomic E-state index is 0.104. The van der Waals surface area contributed by atoms with E-state index in [-0.39, 0.29) is 5.84 Å². The van der Waals surface area contributed by atoms with Gasteiger partial charge >= 0.3 is 0 Å². The zero-order valence-electron chi connectivity index (χ0n) is 11.1. The van der Waals surface area contributed by atoms with Crippen LogP contribution in [0.15, 0.2) is 58.5 Å². The van der Waals surface area contributed by atoms with Gasteiger partial charge < -0.3 is 10.7 Å². The molecular formula is C16H15N3S. The molecule has 2 aromatic carbocycles. The first kappa shape index (κ1) is 12.8. The molecule has 3 nitrogen and oxygen atoms in total. The maximum atomic E-state index is 7.70. The molecule has 1 aromatic heterocycles. The smallest absolute Gasteiger partial charge is 0.123 e. The third-order valence-corrected chi connectivity index (χ3v) is 4.17. The summed E-state index contributed by atoms with van der Waals surface area (Å²) in [4.78, 5) is 4.37. The van der Waals surface area contributed by atoms with Crippen molar-refractivity contribution in [2.75, 3.05) is 0 Å². The summed E-state index contributed by atoms with van der Waals surface area (Å²) in [5, 5.41) is 9.94. The number of nitrogens with two attached hydrogens (primary N) is 1. The van der Waals surface area contributed by atoms with Gasteiger partial charge in [-0.3, -0.25) is 5.41 Å². The maximum Gasteiger partial charge on any atom is 0.123 e. The lowest BCUT2D eigenvalue weighted by molar-refractivity contribution is 1.22. The molecule has 0 aliphatic carbocycles. The number of aromatic amines is 1. The number of aromatic nitrogens is 1. The predicted molar refractivity (Wildman–Crippen MR) is 84.6 cm³/mol. The zero-order chi connectivity index (χ0) is 14.1. The molecule has 0 spiro atoms. The van der Waals surface area contributed by atoms with Crippen molar-refractivity contribution in [3.8, 4) is 0 Å². The molecular weight excluding hydrogens is 266 g/mol. The quantitative estimate of drug-likeness (QED) is 0.503. The third-order valence-electron chi connectivity index (χ3n) is 3.15. The van der Waals surface area contributed by atoms with Gasteiger partial charge in [-0.15, -0.1) is 0 Å². The third kappa shape index (κ3) is 2.42. The molecule has 0 saturated carbocycles. The van der Waals surface area contributed by atoms with E-state index < -0.39 is 0 Å². The van der Waals surface area contributed by atoms with E-state index in [1.807, 2.05) is 37.3 Å². The molecule has 0 unspecified atom stereocenters.